The van der Waals surface area contributed by atoms with E-state index in [-0.39, 0.29) is 17.9 Å². The molecule has 1 fully saturated rings. The second-order valence-electron chi connectivity index (χ2n) is 6.35. The van der Waals surface area contributed by atoms with Gasteiger partial charge in [0.05, 0.1) is 0 Å². The summed E-state index contributed by atoms with van der Waals surface area (Å²) >= 11 is 1.82. The highest BCUT2D eigenvalue weighted by Crippen LogP contribution is 2.27. The molecule has 2 N–H and O–H groups in total. The summed E-state index contributed by atoms with van der Waals surface area (Å²) in [5, 5.41) is 0. The van der Waals surface area contributed by atoms with E-state index in [2.05, 4.69) is 31.2 Å². The molecule has 2 atom stereocenters. The summed E-state index contributed by atoms with van der Waals surface area (Å²) in [6, 6.07) is 14.7. The van der Waals surface area contributed by atoms with Crippen molar-refractivity contribution >= 4 is 17.2 Å². The molecule has 122 valence electrons. The van der Waals surface area contributed by atoms with Crippen molar-refractivity contribution in [2.75, 3.05) is 13.1 Å². The van der Waals surface area contributed by atoms with Crippen LogP contribution in [0.4, 0.5) is 0 Å². The molecule has 0 spiro atoms. The molecule has 3 nitrogen and oxygen atoms in total. The molecule has 1 aliphatic rings. The van der Waals surface area contributed by atoms with E-state index in [1.165, 1.54) is 15.3 Å². The molecule has 1 aromatic carbocycles. The SMILES string of the molecule is Cc1ccc(CCCC(=O)N2C[C@@H](N)[C@H](c3ccccc3)C2)s1. The second-order valence-corrected chi connectivity index (χ2v) is 7.72. The number of rotatable bonds is 5. The highest BCUT2D eigenvalue weighted by atomic mass is 32.1. The average molecular weight is 328 g/mol. The Morgan fingerprint density at radius 2 is 2.00 bits per heavy atom. The van der Waals surface area contributed by atoms with Gasteiger partial charge in [0.15, 0.2) is 0 Å². The van der Waals surface area contributed by atoms with Gasteiger partial charge in [-0.2, -0.15) is 0 Å². The summed E-state index contributed by atoms with van der Waals surface area (Å²) in [5.74, 6) is 0.507. The quantitative estimate of drug-likeness (QED) is 0.915. The van der Waals surface area contributed by atoms with Gasteiger partial charge in [-0.25, -0.2) is 0 Å². The number of benzene rings is 1. The van der Waals surface area contributed by atoms with Gasteiger partial charge in [0.2, 0.25) is 5.91 Å². The number of nitrogens with two attached hydrogens (primary N) is 1. The van der Waals surface area contributed by atoms with Gasteiger partial charge >= 0.3 is 0 Å². The first-order chi connectivity index (χ1) is 11.1. The lowest BCUT2D eigenvalue weighted by Crippen LogP contribution is -2.32. The predicted molar refractivity (Wildman–Crippen MR) is 95.7 cm³/mol. The summed E-state index contributed by atoms with van der Waals surface area (Å²) in [4.78, 5) is 17.1. The molecule has 3 rings (SSSR count). The number of thiophene rings is 1. The summed E-state index contributed by atoms with van der Waals surface area (Å²) in [6.45, 7) is 3.55. The number of hydrogen-bond acceptors (Lipinski definition) is 3. The molecule has 2 heterocycles. The van der Waals surface area contributed by atoms with Crippen LogP contribution in [0.25, 0.3) is 0 Å². The van der Waals surface area contributed by atoms with Crippen LogP contribution < -0.4 is 5.73 Å². The number of aryl methyl sites for hydroxylation is 2. The van der Waals surface area contributed by atoms with E-state index in [1.54, 1.807) is 0 Å². The highest BCUT2D eigenvalue weighted by Gasteiger charge is 2.33. The van der Waals surface area contributed by atoms with Crippen LogP contribution in [0.3, 0.4) is 0 Å². The van der Waals surface area contributed by atoms with E-state index >= 15 is 0 Å². The summed E-state index contributed by atoms with van der Waals surface area (Å²) in [5.41, 5.74) is 7.51. The number of carbonyl (C=O) groups excluding carboxylic acids is 1. The number of amides is 1. The molecule has 1 saturated heterocycles. The number of likely N-dealkylation sites (tertiary alicyclic amines) is 1. The smallest absolute Gasteiger partial charge is 0.222 e. The van der Waals surface area contributed by atoms with Crippen LogP contribution in [0.15, 0.2) is 42.5 Å². The molecule has 4 heteroatoms. The van der Waals surface area contributed by atoms with E-state index in [1.807, 2.05) is 34.4 Å². The Hall–Kier alpha value is -1.65. The summed E-state index contributed by atoms with van der Waals surface area (Å²) in [6.07, 6.45) is 2.53. The minimum Gasteiger partial charge on any atom is -0.340 e. The number of carbonyl (C=O) groups is 1. The summed E-state index contributed by atoms with van der Waals surface area (Å²) < 4.78 is 0. The van der Waals surface area contributed by atoms with E-state index in [0.29, 0.717) is 13.0 Å². The highest BCUT2D eigenvalue weighted by molar-refractivity contribution is 7.11. The lowest BCUT2D eigenvalue weighted by Gasteiger charge is -2.16. The normalized spacial score (nSPS) is 20.9. The zero-order valence-electron chi connectivity index (χ0n) is 13.6. The number of hydrogen-bond donors (Lipinski definition) is 1. The van der Waals surface area contributed by atoms with Crippen molar-refractivity contribution < 1.29 is 4.79 Å². The standard InChI is InChI=1S/C19H24N2OS/c1-14-10-11-16(23-14)8-5-9-19(22)21-12-17(18(20)13-21)15-6-3-2-4-7-15/h2-4,6-7,10-11,17-18H,5,8-9,12-13,20H2,1H3/t17-,18+/m0/s1. The Labute approximate surface area is 142 Å². The molecule has 23 heavy (non-hydrogen) atoms. The van der Waals surface area contributed by atoms with Crippen LogP contribution in [0, 0.1) is 6.92 Å². The fraction of sp³-hybridized carbons (Fsp3) is 0.421. The van der Waals surface area contributed by atoms with Crippen molar-refractivity contribution in [3.8, 4) is 0 Å². The predicted octanol–water partition coefficient (Wildman–Crippen LogP) is 3.33. The lowest BCUT2D eigenvalue weighted by atomic mass is 9.95. The van der Waals surface area contributed by atoms with E-state index in [0.717, 1.165) is 19.4 Å². The number of nitrogens with zero attached hydrogens (tertiary/aromatic N) is 1. The molecule has 0 saturated carbocycles. The third-order valence-electron chi connectivity index (χ3n) is 4.56. The van der Waals surface area contributed by atoms with Crippen LogP contribution in [-0.2, 0) is 11.2 Å². The molecule has 1 amide bonds. The van der Waals surface area contributed by atoms with Gasteiger partial charge in [0, 0.05) is 41.2 Å². The van der Waals surface area contributed by atoms with Gasteiger partial charge < -0.3 is 10.6 Å². The fourth-order valence-corrected chi connectivity index (χ4v) is 4.21. The first-order valence-corrected chi connectivity index (χ1v) is 9.09. The Balaban J connectivity index is 1.50. The summed E-state index contributed by atoms with van der Waals surface area (Å²) in [7, 11) is 0. The molecule has 0 unspecified atom stereocenters. The maximum absolute atomic E-state index is 12.4. The Kier molecular flexibility index (Phi) is 5.13. The van der Waals surface area contributed by atoms with Gasteiger partial charge in [-0.05, 0) is 37.5 Å². The van der Waals surface area contributed by atoms with Crippen molar-refractivity contribution in [3.63, 3.8) is 0 Å². The minimum atomic E-state index is 0.0429. The van der Waals surface area contributed by atoms with Crippen molar-refractivity contribution in [1.82, 2.24) is 4.90 Å². The monoisotopic (exact) mass is 328 g/mol. The largest absolute Gasteiger partial charge is 0.340 e. The molecular weight excluding hydrogens is 304 g/mol. The first-order valence-electron chi connectivity index (χ1n) is 8.27. The van der Waals surface area contributed by atoms with Crippen molar-refractivity contribution in [3.05, 3.63) is 57.8 Å². The Morgan fingerprint density at radius 1 is 1.22 bits per heavy atom. The van der Waals surface area contributed by atoms with E-state index < -0.39 is 0 Å². The van der Waals surface area contributed by atoms with E-state index in [9.17, 15) is 4.79 Å². The maximum atomic E-state index is 12.4. The molecule has 0 aliphatic carbocycles. The molecule has 2 aromatic rings. The topological polar surface area (TPSA) is 46.3 Å². The lowest BCUT2D eigenvalue weighted by molar-refractivity contribution is -0.130. The second kappa shape index (κ2) is 7.28. The minimum absolute atomic E-state index is 0.0429. The Morgan fingerprint density at radius 3 is 2.70 bits per heavy atom. The third kappa shape index (κ3) is 4.01. The van der Waals surface area contributed by atoms with Crippen LogP contribution >= 0.6 is 11.3 Å². The molecular formula is C19H24N2OS. The van der Waals surface area contributed by atoms with Crippen molar-refractivity contribution in [2.45, 2.75) is 38.1 Å². The van der Waals surface area contributed by atoms with Crippen LogP contribution in [0.5, 0.6) is 0 Å². The average Bonchev–Trinajstić information content (AvgIpc) is 3.14. The zero-order chi connectivity index (χ0) is 16.2. The molecule has 1 aliphatic heterocycles. The van der Waals surface area contributed by atoms with Gasteiger partial charge in [-0.1, -0.05) is 30.3 Å². The van der Waals surface area contributed by atoms with Crippen molar-refractivity contribution in [2.24, 2.45) is 5.73 Å². The van der Waals surface area contributed by atoms with E-state index in [4.69, 9.17) is 5.73 Å². The van der Waals surface area contributed by atoms with Gasteiger partial charge in [-0.3, -0.25) is 4.79 Å². The van der Waals surface area contributed by atoms with Gasteiger partial charge in [0.25, 0.3) is 0 Å². The van der Waals surface area contributed by atoms with Crippen molar-refractivity contribution in [1.29, 1.82) is 0 Å². The third-order valence-corrected chi connectivity index (χ3v) is 5.62. The van der Waals surface area contributed by atoms with Gasteiger partial charge in [0.1, 0.15) is 0 Å². The molecule has 1 aromatic heterocycles. The molecule has 0 radical (unpaired) electrons. The zero-order valence-corrected chi connectivity index (χ0v) is 14.4. The Bertz CT molecular complexity index is 652. The molecule has 0 bridgehead atoms. The van der Waals surface area contributed by atoms with Crippen LogP contribution in [-0.4, -0.2) is 29.9 Å². The fourth-order valence-electron chi connectivity index (χ4n) is 3.28. The van der Waals surface area contributed by atoms with Gasteiger partial charge in [-0.15, -0.1) is 11.3 Å². The first kappa shape index (κ1) is 16.2. The van der Waals surface area contributed by atoms with Crippen LogP contribution in [0.1, 0.15) is 34.1 Å². The maximum Gasteiger partial charge on any atom is 0.222 e. The van der Waals surface area contributed by atoms with Crippen LogP contribution in [0.2, 0.25) is 0 Å².